The number of nitrogens with one attached hydrogen (secondary N) is 1. The van der Waals surface area contributed by atoms with E-state index < -0.39 is 18.0 Å². The quantitative estimate of drug-likeness (QED) is 0.914. The molecule has 0 aromatic carbocycles. The average Bonchev–Trinajstić information content (AvgIpc) is 2.81. The highest BCUT2D eigenvalue weighted by molar-refractivity contribution is 7.13. The fraction of sp³-hybridized carbons (Fsp3) is 0.200. The molecule has 1 amide bonds. The van der Waals surface area contributed by atoms with E-state index in [0.717, 1.165) is 0 Å². The molecule has 0 fully saturated rings. The van der Waals surface area contributed by atoms with E-state index in [2.05, 4.69) is 14.7 Å². The Bertz CT molecular complexity index is 560. The minimum Gasteiger partial charge on any atom is -0.416 e. The fourth-order valence-electron chi connectivity index (χ4n) is 1.27. The third-order valence-corrected chi connectivity index (χ3v) is 2.79. The highest BCUT2D eigenvalue weighted by atomic mass is 32.1. The van der Waals surface area contributed by atoms with Gasteiger partial charge in [-0.05, 0) is 11.4 Å². The molecule has 2 rings (SSSR count). The van der Waals surface area contributed by atoms with Gasteiger partial charge in [0, 0.05) is 6.92 Å². The first-order valence-corrected chi connectivity index (χ1v) is 5.65. The van der Waals surface area contributed by atoms with E-state index >= 15 is 0 Å². The molecular formula is C10H7F3N2O2S. The van der Waals surface area contributed by atoms with Gasteiger partial charge < -0.3 is 4.42 Å². The number of nitrogens with zero attached hydrogens (tertiary/aromatic N) is 1. The number of thiophene rings is 1. The van der Waals surface area contributed by atoms with Gasteiger partial charge in [-0.25, -0.2) is 4.98 Å². The maximum absolute atomic E-state index is 12.5. The van der Waals surface area contributed by atoms with Gasteiger partial charge in [0.1, 0.15) is 5.69 Å². The first-order valence-electron chi connectivity index (χ1n) is 4.77. The second-order valence-corrected chi connectivity index (χ2v) is 4.30. The average molecular weight is 276 g/mol. The second kappa shape index (κ2) is 4.45. The number of halogens is 3. The second-order valence-electron chi connectivity index (χ2n) is 3.35. The molecule has 0 atom stereocenters. The Morgan fingerprint density at radius 1 is 1.50 bits per heavy atom. The Morgan fingerprint density at radius 3 is 2.72 bits per heavy atom. The third kappa shape index (κ3) is 2.53. The summed E-state index contributed by atoms with van der Waals surface area (Å²) >= 11 is 1.20. The fourth-order valence-corrected chi connectivity index (χ4v) is 1.98. The van der Waals surface area contributed by atoms with Crippen molar-refractivity contribution in [3.8, 4) is 10.6 Å². The van der Waals surface area contributed by atoms with Crippen molar-refractivity contribution >= 4 is 23.1 Å². The normalized spacial score (nSPS) is 11.6. The Balaban J connectivity index is 2.49. The predicted molar refractivity (Wildman–Crippen MR) is 59.1 cm³/mol. The van der Waals surface area contributed by atoms with Crippen molar-refractivity contribution in [1.82, 2.24) is 4.98 Å². The molecule has 8 heteroatoms. The van der Waals surface area contributed by atoms with Crippen molar-refractivity contribution in [2.45, 2.75) is 13.1 Å². The molecule has 0 bridgehead atoms. The highest BCUT2D eigenvalue weighted by Gasteiger charge is 2.39. The van der Waals surface area contributed by atoms with E-state index in [9.17, 15) is 18.0 Å². The van der Waals surface area contributed by atoms with E-state index in [-0.39, 0.29) is 11.6 Å². The lowest BCUT2D eigenvalue weighted by Gasteiger charge is -1.99. The maximum Gasteiger partial charge on any atom is 0.469 e. The molecule has 0 unspecified atom stereocenters. The number of alkyl halides is 3. The highest BCUT2D eigenvalue weighted by Crippen LogP contribution is 2.37. The number of rotatable bonds is 2. The molecule has 0 saturated heterocycles. The van der Waals surface area contributed by atoms with Gasteiger partial charge in [0.2, 0.25) is 11.8 Å². The van der Waals surface area contributed by atoms with Crippen LogP contribution in [0.5, 0.6) is 0 Å². The summed E-state index contributed by atoms with van der Waals surface area (Å²) in [5, 5.41) is 3.88. The Hall–Kier alpha value is -1.83. The summed E-state index contributed by atoms with van der Waals surface area (Å²) in [6.07, 6.45) is -4.69. The molecule has 96 valence electrons. The van der Waals surface area contributed by atoms with Crippen LogP contribution in [0.3, 0.4) is 0 Å². The minimum absolute atomic E-state index is 0.0208. The van der Waals surface area contributed by atoms with Gasteiger partial charge in [-0.2, -0.15) is 13.2 Å². The van der Waals surface area contributed by atoms with Gasteiger partial charge in [-0.1, -0.05) is 6.07 Å². The van der Waals surface area contributed by atoms with Crippen molar-refractivity contribution in [2.24, 2.45) is 0 Å². The lowest BCUT2D eigenvalue weighted by molar-refractivity contribution is -0.156. The molecule has 0 aliphatic heterocycles. The number of carbonyl (C=O) groups is 1. The van der Waals surface area contributed by atoms with Gasteiger partial charge in [0.15, 0.2) is 0 Å². The Morgan fingerprint density at radius 2 is 2.22 bits per heavy atom. The maximum atomic E-state index is 12.5. The zero-order valence-electron chi connectivity index (χ0n) is 9.04. The van der Waals surface area contributed by atoms with Crippen LogP contribution >= 0.6 is 11.3 Å². The smallest absolute Gasteiger partial charge is 0.416 e. The summed E-state index contributed by atoms with van der Waals surface area (Å²) in [4.78, 5) is 14.8. The van der Waals surface area contributed by atoms with Crippen LogP contribution in [0.15, 0.2) is 21.9 Å². The zero-order chi connectivity index (χ0) is 13.3. The molecule has 2 aromatic rings. The Labute approximate surface area is 103 Å². The van der Waals surface area contributed by atoms with Crippen molar-refractivity contribution in [3.63, 3.8) is 0 Å². The summed E-state index contributed by atoms with van der Waals surface area (Å²) in [6, 6.07) is 3.26. The van der Waals surface area contributed by atoms with E-state index in [4.69, 9.17) is 0 Å². The van der Waals surface area contributed by atoms with Crippen LogP contribution in [0.4, 0.5) is 19.1 Å². The first kappa shape index (κ1) is 12.6. The molecule has 1 N–H and O–H groups in total. The van der Waals surface area contributed by atoms with Crippen LogP contribution in [0.2, 0.25) is 0 Å². The van der Waals surface area contributed by atoms with E-state index in [1.807, 2.05) is 0 Å². The zero-order valence-corrected chi connectivity index (χ0v) is 9.85. The molecular weight excluding hydrogens is 269 g/mol. The molecule has 0 spiro atoms. The lowest BCUT2D eigenvalue weighted by atomic mass is 10.3. The number of hydrogen-bond acceptors (Lipinski definition) is 4. The number of amides is 1. The van der Waals surface area contributed by atoms with Gasteiger partial charge in [-0.15, -0.1) is 11.3 Å². The van der Waals surface area contributed by atoms with Crippen LogP contribution in [-0.4, -0.2) is 10.9 Å². The van der Waals surface area contributed by atoms with Crippen molar-refractivity contribution in [2.75, 3.05) is 5.32 Å². The number of oxazole rings is 1. The van der Waals surface area contributed by atoms with Gasteiger partial charge in [-0.3, -0.25) is 10.1 Å². The van der Waals surface area contributed by atoms with Crippen LogP contribution in [0.1, 0.15) is 12.8 Å². The molecule has 18 heavy (non-hydrogen) atoms. The summed E-state index contributed by atoms with van der Waals surface area (Å²) in [6.45, 7) is 1.17. The monoisotopic (exact) mass is 276 g/mol. The van der Waals surface area contributed by atoms with Crippen LogP contribution in [0, 0.1) is 0 Å². The van der Waals surface area contributed by atoms with E-state index in [1.54, 1.807) is 17.5 Å². The van der Waals surface area contributed by atoms with Crippen LogP contribution < -0.4 is 5.32 Å². The number of hydrogen-bond donors (Lipinski definition) is 1. The van der Waals surface area contributed by atoms with Crippen molar-refractivity contribution in [3.05, 3.63) is 23.4 Å². The predicted octanol–water partition coefficient (Wildman–Crippen LogP) is 3.38. The molecule has 0 aliphatic rings. The number of anilines is 1. The SMILES string of the molecule is CC(=O)Nc1oc(C(F)(F)F)nc1-c1cccs1. The molecule has 2 heterocycles. The Kier molecular flexibility index (Phi) is 3.12. The van der Waals surface area contributed by atoms with Crippen molar-refractivity contribution in [1.29, 1.82) is 0 Å². The largest absolute Gasteiger partial charge is 0.469 e. The number of aromatic nitrogens is 1. The lowest BCUT2D eigenvalue weighted by Crippen LogP contribution is -2.06. The molecule has 0 radical (unpaired) electrons. The summed E-state index contributed by atoms with van der Waals surface area (Å²) in [7, 11) is 0. The molecule has 4 nitrogen and oxygen atoms in total. The first-order chi connectivity index (χ1) is 8.38. The van der Waals surface area contributed by atoms with Gasteiger partial charge in [0.25, 0.3) is 0 Å². The molecule has 0 aliphatic carbocycles. The van der Waals surface area contributed by atoms with Crippen molar-refractivity contribution < 1.29 is 22.4 Å². The van der Waals surface area contributed by atoms with Crippen LogP contribution in [-0.2, 0) is 11.0 Å². The molecule has 0 saturated carbocycles. The summed E-state index contributed by atoms with van der Waals surface area (Å²) in [5.41, 5.74) is -0.0208. The van der Waals surface area contributed by atoms with Gasteiger partial charge in [0.05, 0.1) is 4.88 Å². The standard InChI is InChI=1S/C10H7F3N2O2S/c1-5(16)14-8-7(6-3-2-4-18-6)15-9(17-8)10(11,12)13/h2-4H,1H3,(H,14,16). The number of carbonyl (C=O) groups excluding carboxylic acids is 1. The van der Waals surface area contributed by atoms with E-state index in [1.165, 1.54) is 18.3 Å². The van der Waals surface area contributed by atoms with E-state index in [0.29, 0.717) is 4.88 Å². The van der Waals surface area contributed by atoms with Gasteiger partial charge >= 0.3 is 12.1 Å². The summed E-state index contributed by atoms with van der Waals surface area (Å²) in [5.74, 6) is -2.20. The minimum atomic E-state index is -4.69. The summed E-state index contributed by atoms with van der Waals surface area (Å²) < 4.78 is 42.0. The third-order valence-electron chi connectivity index (χ3n) is 1.91. The topological polar surface area (TPSA) is 55.1 Å². The molecule has 2 aromatic heterocycles. The van der Waals surface area contributed by atoms with Crippen LogP contribution in [0.25, 0.3) is 10.6 Å².